The van der Waals surface area contributed by atoms with Crippen molar-refractivity contribution in [3.63, 3.8) is 0 Å². The third kappa shape index (κ3) is 4.98. The molecule has 0 heterocycles. The van der Waals surface area contributed by atoms with Gasteiger partial charge in [0.1, 0.15) is 5.75 Å². The summed E-state index contributed by atoms with van der Waals surface area (Å²) in [5, 5.41) is 0.720. The van der Waals surface area contributed by atoms with Crippen LogP contribution >= 0.6 is 23.8 Å². The third-order valence-electron chi connectivity index (χ3n) is 2.89. The highest BCUT2D eigenvalue weighted by molar-refractivity contribution is 7.80. The number of aryl methyl sites for hydroxylation is 2. The van der Waals surface area contributed by atoms with Crippen LogP contribution in [0.2, 0.25) is 5.02 Å². The van der Waals surface area contributed by atoms with E-state index in [2.05, 4.69) is 0 Å². The van der Waals surface area contributed by atoms with Crippen molar-refractivity contribution in [1.82, 2.24) is 4.90 Å². The van der Waals surface area contributed by atoms with Gasteiger partial charge in [-0.3, -0.25) is 4.79 Å². The summed E-state index contributed by atoms with van der Waals surface area (Å²) in [5.74, 6) is 0.520. The van der Waals surface area contributed by atoms with E-state index >= 15 is 0 Å². The Kier molecular flexibility index (Phi) is 6.23. The number of carbonyl (C=O) groups excluding carboxylic acids is 1. The number of hydrogen-bond donors (Lipinski definition) is 1. The van der Waals surface area contributed by atoms with Crippen molar-refractivity contribution in [2.75, 3.05) is 20.2 Å². The maximum absolute atomic E-state index is 11.9. The van der Waals surface area contributed by atoms with Crippen molar-refractivity contribution < 1.29 is 9.53 Å². The number of rotatable bonds is 6. The molecule has 6 heteroatoms. The smallest absolute Gasteiger partial charge is 0.260 e. The summed E-state index contributed by atoms with van der Waals surface area (Å²) < 4.78 is 5.50. The molecule has 0 aliphatic rings. The third-order valence-corrected chi connectivity index (χ3v) is 3.69. The van der Waals surface area contributed by atoms with Crippen LogP contribution in [0.1, 0.15) is 17.5 Å². The zero-order valence-corrected chi connectivity index (χ0v) is 13.5. The normalized spacial score (nSPS) is 10.2. The van der Waals surface area contributed by atoms with E-state index in [1.807, 2.05) is 26.0 Å². The first-order chi connectivity index (χ1) is 9.31. The highest BCUT2D eigenvalue weighted by Crippen LogP contribution is 2.25. The van der Waals surface area contributed by atoms with Gasteiger partial charge < -0.3 is 15.4 Å². The van der Waals surface area contributed by atoms with Gasteiger partial charge >= 0.3 is 0 Å². The van der Waals surface area contributed by atoms with E-state index in [9.17, 15) is 4.79 Å². The number of ether oxygens (including phenoxy) is 1. The van der Waals surface area contributed by atoms with Crippen molar-refractivity contribution in [3.8, 4) is 5.75 Å². The molecular weight excluding hydrogens is 296 g/mol. The lowest BCUT2D eigenvalue weighted by atomic mass is 10.1. The number of thiocarbonyl (C=S) groups is 1. The summed E-state index contributed by atoms with van der Waals surface area (Å²) >= 11 is 10.9. The molecule has 2 N–H and O–H groups in total. The second-order valence-electron chi connectivity index (χ2n) is 4.69. The van der Waals surface area contributed by atoms with Gasteiger partial charge in [0.05, 0.1) is 4.99 Å². The highest BCUT2D eigenvalue weighted by Gasteiger charge is 2.11. The minimum absolute atomic E-state index is 0.0195. The lowest BCUT2D eigenvalue weighted by Crippen LogP contribution is -2.33. The summed E-state index contributed by atoms with van der Waals surface area (Å²) in [5.41, 5.74) is 7.26. The molecule has 1 amide bonds. The lowest BCUT2D eigenvalue weighted by molar-refractivity contribution is -0.131. The van der Waals surface area contributed by atoms with Crippen LogP contribution in [0.5, 0.6) is 5.75 Å². The average Bonchev–Trinajstić information content (AvgIpc) is 2.39. The van der Waals surface area contributed by atoms with Gasteiger partial charge in [-0.15, -0.1) is 0 Å². The van der Waals surface area contributed by atoms with E-state index in [-0.39, 0.29) is 12.5 Å². The van der Waals surface area contributed by atoms with Gasteiger partial charge in [-0.2, -0.15) is 0 Å². The first-order valence-corrected chi connectivity index (χ1v) is 7.01. The lowest BCUT2D eigenvalue weighted by Gasteiger charge is -2.17. The summed E-state index contributed by atoms with van der Waals surface area (Å²) in [6, 6.07) is 3.63. The molecule has 0 unspecified atom stereocenters. The molecule has 0 saturated heterocycles. The van der Waals surface area contributed by atoms with E-state index < -0.39 is 0 Å². The van der Waals surface area contributed by atoms with Gasteiger partial charge in [0.15, 0.2) is 6.61 Å². The number of carbonyl (C=O) groups is 1. The van der Waals surface area contributed by atoms with Gasteiger partial charge in [0.2, 0.25) is 0 Å². The standard InChI is InChI=1S/C14H19ClN2O2S/c1-9-6-11(7-10(2)14(9)15)19-8-13(18)17(3)5-4-12(16)20/h6-7H,4-5,8H2,1-3H3,(H2,16,20). The van der Waals surface area contributed by atoms with Crippen molar-refractivity contribution in [1.29, 1.82) is 0 Å². The SMILES string of the molecule is Cc1cc(OCC(=O)N(C)CCC(N)=S)cc(C)c1Cl. The largest absolute Gasteiger partial charge is 0.484 e. The Labute approximate surface area is 129 Å². The fraction of sp³-hybridized carbons (Fsp3) is 0.429. The molecule has 0 saturated carbocycles. The van der Waals surface area contributed by atoms with Crippen LogP contribution in [0.4, 0.5) is 0 Å². The van der Waals surface area contributed by atoms with E-state index in [1.165, 1.54) is 0 Å². The average molecular weight is 315 g/mol. The predicted molar refractivity (Wildman–Crippen MR) is 85.5 cm³/mol. The van der Waals surface area contributed by atoms with E-state index in [0.717, 1.165) is 16.1 Å². The van der Waals surface area contributed by atoms with Gasteiger partial charge in [0.25, 0.3) is 5.91 Å². The molecule has 0 aliphatic carbocycles. The van der Waals surface area contributed by atoms with Gasteiger partial charge in [-0.25, -0.2) is 0 Å². The fourth-order valence-corrected chi connectivity index (χ4v) is 1.85. The van der Waals surface area contributed by atoms with Crippen molar-refractivity contribution in [2.24, 2.45) is 5.73 Å². The predicted octanol–water partition coefficient (Wildman–Crippen LogP) is 2.47. The van der Waals surface area contributed by atoms with Crippen molar-refractivity contribution >= 4 is 34.7 Å². The van der Waals surface area contributed by atoms with Crippen LogP contribution in [0, 0.1) is 13.8 Å². The minimum Gasteiger partial charge on any atom is -0.484 e. The number of likely N-dealkylation sites (N-methyl/N-ethyl adjacent to an activating group) is 1. The Bertz CT molecular complexity index is 497. The number of benzene rings is 1. The Hall–Kier alpha value is -1.33. The summed E-state index contributed by atoms with van der Waals surface area (Å²) in [6.07, 6.45) is 0.511. The summed E-state index contributed by atoms with van der Waals surface area (Å²) in [6.45, 7) is 4.28. The highest BCUT2D eigenvalue weighted by atomic mass is 35.5. The maximum Gasteiger partial charge on any atom is 0.260 e. The van der Waals surface area contributed by atoms with Crippen LogP contribution in [0.25, 0.3) is 0 Å². The van der Waals surface area contributed by atoms with E-state index in [4.69, 9.17) is 34.3 Å². The van der Waals surface area contributed by atoms with Crippen LogP contribution < -0.4 is 10.5 Å². The second kappa shape index (κ2) is 7.45. The molecule has 1 rings (SSSR count). The molecule has 1 aromatic rings. The molecule has 0 radical (unpaired) electrons. The number of hydrogen-bond acceptors (Lipinski definition) is 3. The second-order valence-corrected chi connectivity index (χ2v) is 5.59. The minimum atomic E-state index is -0.119. The topological polar surface area (TPSA) is 55.6 Å². The van der Waals surface area contributed by atoms with Crippen LogP contribution in [0.15, 0.2) is 12.1 Å². The van der Waals surface area contributed by atoms with Crippen LogP contribution in [0.3, 0.4) is 0 Å². The monoisotopic (exact) mass is 314 g/mol. The summed E-state index contributed by atoms with van der Waals surface area (Å²) in [7, 11) is 1.70. The molecule has 0 atom stereocenters. The molecule has 0 fully saturated rings. The van der Waals surface area contributed by atoms with Crippen LogP contribution in [-0.2, 0) is 4.79 Å². The zero-order chi connectivity index (χ0) is 15.3. The molecule has 110 valence electrons. The zero-order valence-electron chi connectivity index (χ0n) is 11.9. The van der Waals surface area contributed by atoms with Gasteiger partial charge in [-0.1, -0.05) is 23.8 Å². The first kappa shape index (κ1) is 16.7. The van der Waals surface area contributed by atoms with Gasteiger partial charge in [-0.05, 0) is 37.1 Å². The molecule has 0 spiro atoms. The summed E-state index contributed by atoms with van der Waals surface area (Å²) in [4.78, 5) is 13.8. The van der Waals surface area contributed by atoms with E-state index in [1.54, 1.807) is 11.9 Å². The number of amides is 1. The Morgan fingerprint density at radius 2 is 1.95 bits per heavy atom. The molecule has 20 heavy (non-hydrogen) atoms. The molecular formula is C14H19ClN2O2S. The quantitative estimate of drug-likeness (QED) is 0.820. The molecule has 0 bridgehead atoms. The molecule has 0 aromatic heterocycles. The maximum atomic E-state index is 11.9. The number of halogens is 1. The fourth-order valence-electron chi connectivity index (χ4n) is 1.65. The van der Waals surface area contributed by atoms with Crippen LogP contribution in [-0.4, -0.2) is 36.0 Å². The Morgan fingerprint density at radius 1 is 1.40 bits per heavy atom. The number of nitrogens with two attached hydrogens (primary N) is 1. The van der Waals surface area contributed by atoms with Crippen molar-refractivity contribution in [2.45, 2.75) is 20.3 Å². The van der Waals surface area contributed by atoms with Gasteiger partial charge in [0, 0.05) is 25.0 Å². The molecule has 1 aromatic carbocycles. The Morgan fingerprint density at radius 3 is 2.45 bits per heavy atom. The molecule has 0 aliphatic heterocycles. The first-order valence-electron chi connectivity index (χ1n) is 6.23. The Balaban J connectivity index is 2.54. The van der Waals surface area contributed by atoms with E-state index in [0.29, 0.717) is 23.7 Å². The van der Waals surface area contributed by atoms with Crippen molar-refractivity contribution in [3.05, 3.63) is 28.3 Å². The number of nitrogens with zero attached hydrogens (tertiary/aromatic N) is 1. The molecule has 4 nitrogen and oxygen atoms in total.